The minimum atomic E-state index is -0.211. The molecule has 26 heavy (non-hydrogen) atoms. The lowest BCUT2D eigenvalue weighted by Crippen LogP contribution is -2.41. The van der Waals surface area contributed by atoms with Crippen LogP contribution in [-0.4, -0.2) is 18.5 Å². The van der Waals surface area contributed by atoms with Gasteiger partial charge in [0.2, 0.25) is 5.91 Å². The Morgan fingerprint density at radius 1 is 1.19 bits per heavy atom. The number of nitrogens with zero attached hydrogens (tertiary/aromatic N) is 1. The standard InChI is InChI=1S/C21H23FN2OS/c1-14-11-19-17(12-18(14)22)16-9-5-6-10-20(16)26-24(19)13-21(25)23-15-7-3-2-4-8-15/h5-6,9-12,15H,2-4,7-8,13H2,1H3,(H,23,25). The Kier molecular flexibility index (Phi) is 4.90. The highest BCUT2D eigenvalue weighted by Gasteiger charge is 2.26. The SMILES string of the molecule is Cc1cc2c(cc1F)-c1ccccc1SN2CC(=O)NC1CCCCC1. The number of hydrogen-bond donors (Lipinski definition) is 1. The molecule has 0 saturated heterocycles. The number of amides is 1. The number of carbonyl (C=O) groups excluding carboxylic acids is 1. The number of fused-ring (bicyclic) bond motifs is 3. The molecule has 0 atom stereocenters. The number of nitrogens with one attached hydrogen (secondary N) is 1. The maximum absolute atomic E-state index is 14.2. The molecule has 1 aliphatic heterocycles. The van der Waals surface area contributed by atoms with Crippen molar-refractivity contribution in [3.63, 3.8) is 0 Å². The zero-order chi connectivity index (χ0) is 18.1. The first-order valence-electron chi connectivity index (χ1n) is 9.26. The van der Waals surface area contributed by atoms with Crippen molar-refractivity contribution in [1.82, 2.24) is 5.32 Å². The van der Waals surface area contributed by atoms with Crippen molar-refractivity contribution in [2.24, 2.45) is 0 Å². The van der Waals surface area contributed by atoms with E-state index in [-0.39, 0.29) is 18.3 Å². The highest BCUT2D eigenvalue weighted by molar-refractivity contribution is 8.01. The molecule has 2 aromatic rings. The summed E-state index contributed by atoms with van der Waals surface area (Å²) in [6, 6.07) is 11.7. The molecular formula is C21H23FN2OS. The molecule has 136 valence electrons. The van der Waals surface area contributed by atoms with E-state index in [0.29, 0.717) is 11.6 Å². The predicted molar refractivity (Wildman–Crippen MR) is 105 cm³/mol. The minimum absolute atomic E-state index is 0.0386. The molecule has 1 aliphatic carbocycles. The van der Waals surface area contributed by atoms with Crippen molar-refractivity contribution in [2.75, 3.05) is 10.8 Å². The smallest absolute Gasteiger partial charge is 0.240 e. The third-order valence-electron chi connectivity index (χ3n) is 5.19. The Hall–Kier alpha value is -2.01. The Morgan fingerprint density at radius 3 is 2.77 bits per heavy atom. The summed E-state index contributed by atoms with van der Waals surface area (Å²) in [5, 5.41) is 3.18. The molecule has 3 nitrogen and oxygen atoms in total. The third kappa shape index (κ3) is 3.45. The van der Waals surface area contributed by atoms with Crippen LogP contribution in [0, 0.1) is 12.7 Å². The van der Waals surface area contributed by atoms with Crippen LogP contribution < -0.4 is 9.62 Å². The van der Waals surface area contributed by atoms with E-state index in [9.17, 15) is 9.18 Å². The lowest BCUT2D eigenvalue weighted by atomic mass is 9.95. The van der Waals surface area contributed by atoms with Crippen LogP contribution in [0.4, 0.5) is 10.1 Å². The number of aryl methyl sites for hydroxylation is 1. The molecule has 1 N–H and O–H groups in total. The molecule has 5 heteroatoms. The van der Waals surface area contributed by atoms with Crippen molar-refractivity contribution < 1.29 is 9.18 Å². The van der Waals surface area contributed by atoms with Crippen molar-refractivity contribution in [2.45, 2.75) is 50.0 Å². The van der Waals surface area contributed by atoms with Gasteiger partial charge in [-0.2, -0.15) is 0 Å². The van der Waals surface area contributed by atoms with Crippen LogP contribution in [0.25, 0.3) is 11.1 Å². The Morgan fingerprint density at radius 2 is 1.96 bits per heavy atom. The van der Waals surface area contributed by atoms with E-state index in [0.717, 1.165) is 34.6 Å². The molecule has 1 saturated carbocycles. The monoisotopic (exact) mass is 370 g/mol. The predicted octanol–water partition coefficient (Wildman–Crippen LogP) is 5.08. The average Bonchev–Trinajstić information content (AvgIpc) is 2.64. The molecule has 1 fully saturated rings. The second kappa shape index (κ2) is 7.31. The lowest BCUT2D eigenvalue weighted by molar-refractivity contribution is -0.120. The van der Waals surface area contributed by atoms with E-state index in [4.69, 9.17) is 0 Å². The summed E-state index contributed by atoms with van der Waals surface area (Å²) in [6.07, 6.45) is 5.80. The van der Waals surface area contributed by atoms with E-state index < -0.39 is 0 Å². The first-order valence-corrected chi connectivity index (χ1v) is 10.0. The van der Waals surface area contributed by atoms with Crippen LogP contribution in [-0.2, 0) is 4.79 Å². The van der Waals surface area contributed by atoms with Crippen LogP contribution >= 0.6 is 11.9 Å². The van der Waals surface area contributed by atoms with Crippen molar-refractivity contribution in [1.29, 1.82) is 0 Å². The Labute approximate surface area is 158 Å². The number of carbonyl (C=O) groups is 1. The quantitative estimate of drug-likeness (QED) is 0.765. The zero-order valence-electron chi connectivity index (χ0n) is 14.9. The maximum atomic E-state index is 14.2. The van der Waals surface area contributed by atoms with Gasteiger partial charge in [-0.3, -0.25) is 4.79 Å². The maximum Gasteiger partial charge on any atom is 0.240 e. The van der Waals surface area contributed by atoms with E-state index in [1.807, 2.05) is 34.6 Å². The van der Waals surface area contributed by atoms with Crippen LogP contribution in [0.5, 0.6) is 0 Å². The van der Waals surface area contributed by atoms with E-state index in [1.54, 1.807) is 24.9 Å². The largest absolute Gasteiger partial charge is 0.352 e. The molecule has 1 heterocycles. The molecule has 2 aliphatic rings. The summed E-state index contributed by atoms with van der Waals surface area (Å²) in [5.41, 5.74) is 3.39. The normalized spacial score (nSPS) is 16.8. The summed E-state index contributed by atoms with van der Waals surface area (Å²) in [6.45, 7) is 2.04. The summed E-state index contributed by atoms with van der Waals surface area (Å²) in [7, 11) is 0. The van der Waals surface area contributed by atoms with Gasteiger partial charge in [0.05, 0.1) is 5.69 Å². The fraction of sp³-hybridized carbons (Fsp3) is 0.381. The Balaban J connectivity index is 1.59. The first-order chi connectivity index (χ1) is 12.6. The van der Waals surface area contributed by atoms with Gasteiger partial charge in [-0.25, -0.2) is 4.39 Å². The molecule has 0 aromatic heterocycles. The van der Waals surface area contributed by atoms with Crippen LogP contribution in [0.1, 0.15) is 37.7 Å². The number of benzene rings is 2. The van der Waals surface area contributed by atoms with Gasteiger partial charge in [0.1, 0.15) is 12.4 Å². The van der Waals surface area contributed by atoms with E-state index >= 15 is 0 Å². The van der Waals surface area contributed by atoms with Gasteiger partial charge in [0.25, 0.3) is 0 Å². The van der Waals surface area contributed by atoms with Gasteiger partial charge >= 0.3 is 0 Å². The fourth-order valence-corrected chi connectivity index (χ4v) is 4.88. The van der Waals surface area contributed by atoms with Crippen LogP contribution in [0.15, 0.2) is 41.3 Å². The van der Waals surface area contributed by atoms with Crippen LogP contribution in [0.2, 0.25) is 0 Å². The molecular weight excluding hydrogens is 347 g/mol. The molecule has 0 bridgehead atoms. The number of halogens is 1. The fourth-order valence-electron chi connectivity index (χ4n) is 3.79. The number of rotatable bonds is 3. The van der Waals surface area contributed by atoms with Gasteiger partial charge < -0.3 is 9.62 Å². The van der Waals surface area contributed by atoms with E-state index in [1.165, 1.54) is 19.3 Å². The van der Waals surface area contributed by atoms with Gasteiger partial charge in [-0.1, -0.05) is 37.5 Å². The van der Waals surface area contributed by atoms with Crippen molar-refractivity contribution in [3.8, 4) is 11.1 Å². The van der Waals surface area contributed by atoms with Gasteiger partial charge in [0.15, 0.2) is 0 Å². The molecule has 4 rings (SSSR count). The summed E-state index contributed by atoms with van der Waals surface area (Å²) < 4.78 is 16.2. The second-order valence-electron chi connectivity index (χ2n) is 7.15. The summed E-state index contributed by atoms with van der Waals surface area (Å²) in [4.78, 5) is 13.7. The van der Waals surface area contributed by atoms with Gasteiger partial charge in [0, 0.05) is 16.5 Å². The molecule has 0 radical (unpaired) electrons. The van der Waals surface area contributed by atoms with Gasteiger partial charge in [-0.05, 0) is 61.0 Å². The molecule has 2 aromatic carbocycles. The summed E-state index contributed by atoms with van der Waals surface area (Å²) >= 11 is 1.55. The number of hydrogen-bond acceptors (Lipinski definition) is 3. The number of anilines is 1. The van der Waals surface area contributed by atoms with Crippen molar-refractivity contribution >= 4 is 23.5 Å². The summed E-state index contributed by atoms with van der Waals surface area (Å²) in [5.74, 6) is -0.172. The zero-order valence-corrected chi connectivity index (χ0v) is 15.7. The first kappa shape index (κ1) is 17.4. The topological polar surface area (TPSA) is 32.3 Å². The Bertz CT molecular complexity index is 833. The second-order valence-corrected chi connectivity index (χ2v) is 8.21. The van der Waals surface area contributed by atoms with Gasteiger partial charge in [-0.15, -0.1) is 0 Å². The highest BCUT2D eigenvalue weighted by atomic mass is 32.2. The van der Waals surface area contributed by atoms with Crippen molar-refractivity contribution in [3.05, 3.63) is 47.8 Å². The highest BCUT2D eigenvalue weighted by Crippen LogP contribution is 2.46. The lowest BCUT2D eigenvalue weighted by Gasteiger charge is -2.32. The molecule has 1 amide bonds. The average molecular weight is 370 g/mol. The minimum Gasteiger partial charge on any atom is -0.352 e. The third-order valence-corrected chi connectivity index (χ3v) is 6.29. The van der Waals surface area contributed by atoms with E-state index in [2.05, 4.69) is 5.32 Å². The molecule has 0 unspecified atom stereocenters. The van der Waals surface area contributed by atoms with Crippen LogP contribution in [0.3, 0.4) is 0 Å². The molecule has 0 spiro atoms.